The quantitative estimate of drug-likeness (QED) is 0.0270. The van der Waals surface area contributed by atoms with Crippen LogP contribution in [0, 0.1) is 63.5 Å². The Balaban J connectivity index is -0.0000000642. The first-order valence-corrected chi connectivity index (χ1v) is 34.8. The second kappa shape index (κ2) is 86.6. The number of allylic oxidation sites excluding steroid dienone is 6. The fraction of sp³-hybridized carbons (Fsp3) is 0.600. The number of rotatable bonds is 27. The molecule has 0 heterocycles. The van der Waals surface area contributed by atoms with Gasteiger partial charge >= 0.3 is 62.5 Å². The molecule has 0 saturated heterocycles. The summed E-state index contributed by atoms with van der Waals surface area (Å²) in [5, 5.41) is 18.2. The molecule has 0 aliphatic carbocycles. The first-order chi connectivity index (χ1) is 34.9. The minimum absolute atomic E-state index is 0. The molecule has 0 amide bonds. The van der Waals surface area contributed by atoms with E-state index in [-0.39, 0.29) is 63.4 Å². The van der Waals surface area contributed by atoms with Crippen molar-refractivity contribution in [3.05, 3.63) is 101 Å². The topological polar surface area (TPSA) is 130 Å². The number of carboxylic acid groups (broad SMARTS) is 2. The Morgan fingerprint density at radius 2 is 0.908 bits per heavy atom. The van der Waals surface area contributed by atoms with Gasteiger partial charge in [0.15, 0.2) is 0 Å². The van der Waals surface area contributed by atoms with E-state index in [9.17, 15) is 9.59 Å². The van der Waals surface area contributed by atoms with E-state index in [1.165, 1.54) is 5.20 Å². The molecule has 0 aromatic rings. The molecule has 76 heavy (non-hydrogen) atoms. The fourth-order valence-electron chi connectivity index (χ4n) is 3.71. The second-order valence-corrected chi connectivity index (χ2v) is 24.8. The van der Waals surface area contributed by atoms with Crippen LogP contribution in [0.5, 0.6) is 0 Å². The molecule has 0 bridgehead atoms. The maximum Gasteiger partial charge on any atom is 2.00 e. The van der Waals surface area contributed by atoms with Gasteiger partial charge in [-0.2, -0.15) is 25.7 Å². The van der Waals surface area contributed by atoms with E-state index in [2.05, 4.69) is 130 Å². The maximum absolute atomic E-state index is 9.94. The van der Waals surface area contributed by atoms with E-state index >= 15 is 0 Å². The van der Waals surface area contributed by atoms with Crippen molar-refractivity contribution in [2.24, 2.45) is 0 Å². The Morgan fingerprint density at radius 3 is 1.12 bits per heavy atom. The predicted molar refractivity (Wildman–Crippen MR) is 334 cm³/mol. The zero-order valence-electron chi connectivity index (χ0n) is 51.3. The van der Waals surface area contributed by atoms with E-state index in [1.807, 2.05) is 75.3 Å². The number of hydrogen-bond donors (Lipinski definition) is 2. The van der Waals surface area contributed by atoms with Crippen LogP contribution < -0.4 is 0 Å². The zero-order valence-corrected chi connectivity index (χ0v) is 57.3. The summed E-state index contributed by atoms with van der Waals surface area (Å²) >= 11 is 0. The van der Waals surface area contributed by atoms with Crippen LogP contribution in [0.25, 0.3) is 0 Å². The molecule has 0 saturated carbocycles. The SMILES string of the molecule is C#CCCC(=O)O.C#C[Si](C)C.C=C(CCCC)C(=C)[Si](OCC)(OCC)OCC.C=CC(=C)CCC(=O)O.C=CC(=C)[Si](C)C.CCCCC#C[Si](OCC)(OCC)OCC.[CH2-]CC.[CH2-]CC.[CH2-]CC.[CH2-]CC.[Ni+2].[Ni+2]. The summed E-state index contributed by atoms with van der Waals surface area (Å²) in [5.74, 6) is 3.71. The Morgan fingerprint density at radius 1 is 0.566 bits per heavy atom. The summed E-state index contributed by atoms with van der Waals surface area (Å²) in [5.41, 5.74) is 7.50. The van der Waals surface area contributed by atoms with Gasteiger partial charge in [-0.05, 0) is 78.3 Å². The zero-order chi connectivity index (χ0) is 60.2. The molecular weight excluding hydrogens is 1110 g/mol. The molecule has 0 spiro atoms. The molecule has 0 unspecified atom stereocenters. The van der Waals surface area contributed by atoms with Gasteiger partial charge in [0.1, 0.15) is 8.80 Å². The van der Waals surface area contributed by atoms with Crippen molar-refractivity contribution < 1.29 is 79.3 Å². The van der Waals surface area contributed by atoms with Gasteiger partial charge in [0, 0.05) is 64.1 Å². The van der Waals surface area contributed by atoms with Gasteiger partial charge in [-0.1, -0.05) is 136 Å². The summed E-state index contributed by atoms with van der Waals surface area (Å²) in [6.45, 7) is 72.6. The van der Waals surface area contributed by atoms with Crippen molar-refractivity contribution in [1.29, 1.82) is 0 Å². The monoisotopic (exact) mass is 1220 g/mol. The van der Waals surface area contributed by atoms with Crippen molar-refractivity contribution in [3.63, 3.8) is 0 Å². The van der Waals surface area contributed by atoms with Crippen LogP contribution in [0.15, 0.2) is 73.2 Å². The number of carbonyl (C=O) groups is 2. The largest absolute Gasteiger partial charge is 2.00 e. The number of unbranched alkanes of at least 4 members (excludes halogenated alkanes) is 3. The summed E-state index contributed by atoms with van der Waals surface area (Å²) in [6.07, 6.45) is 24.5. The van der Waals surface area contributed by atoms with Crippen LogP contribution in [-0.4, -0.2) is 97.0 Å². The molecular formula is C60H114Ni2O10Si4. The minimum atomic E-state index is -2.81. The summed E-state index contributed by atoms with van der Waals surface area (Å²) in [7, 11) is -6.13. The van der Waals surface area contributed by atoms with Gasteiger partial charge in [-0.25, -0.2) is 0 Å². The van der Waals surface area contributed by atoms with Crippen molar-refractivity contribution in [2.45, 2.75) is 199 Å². The van der Waals surface area contributed by atoms with E-state index in [4.69, 9.17) is 49.6 Å². The third kappa shape index (κ3) is 94.1. The first-order valence-electron chi connectivity index (χ1n) is 26.3. The number of terminal acetylenes is 2. The van der Waals surface area contributed by atoms with Crippen molar-refractivity contribution in [3.8, 4) is 35.8 Å². The van der Waals surface area contributed by atoms with Crippen LogP contribution in [0.3, 0.4) is 0 Å². The smallest absolute Gasteiger partial charge is 0.481 e. The van der Waals surface area contributed by atoms with Crippen LogP contribution in [0.1, 0.15) is 173 Å². The summed E-state index contributed by atoms with van der Waals surface area (Å²) < 4.78 is 34.3. The summed E-state index contributed by atoms with van der Waals surface area (Å²) in [4.78, 5) is 19.6. The molecule has 0 aromatic heterocycles. The van der Waals surface area contributed by atoms with Gasteiger partial charge in [0.05, 0.1) is 15.2 Å². The Hall–Kier alpha value is -2.33. The average molecular weight is 1230 g/mol. The molecule has 10 nitrogen and oxygen atoms in total. The van der Waals surface area contributed by atoms with Crippen LogP contribution in [0.4, 0.5) is 0 Å². The van der Waals surface area contributed by atoms with Crippen molar-refractivity contribution in [2.75, 3.05) is 39.6 Å². The van der Waals surface area contributed by atoms with Gasteiger partial charge in [0.25, 0.3) is 0 Å². The predicted octanol–water partition coefficient (Wildman–Crippen LogP) is 16.6. The third-order valence-corrected chi connectivity index (χ3v) is 14.8. The number of carboxylic acids is 2. The van der Waals surface area contributed by atoms with E-state index in [0.29, 0.717) is 52.5 Å². The number of hydrogen-bond acceptors (Lipinski definition) is 8. The average Bonchev–Trinajstić information content (AvgIpc) is 3.35. The fourth-order valence-corrected chi connectivity index (χ4v) is 8.53. The molecule has 2 N–H and O–H groups in total. The molecule has 0 fully saturated rings. The van der Waals surface area contributed by atoms with E-state index < -0.39 is 29.5 Å². The molecule has 2 radical (unpaired) electrons. The molecule has 0 aliphatic rings. The molecule has 0 aliphatic heterocycles. The summed E-state index contributed by atoms with van der Waals surface area (Å²) in [6, 6.07) is 0. The Kier molecular flexibility index (Phi) is 117. The molecule has 0 atom stereocenters. The van der Waals surface area contributed by atoms with E-state index in [1.54, 1.807) is 6.08 Å². The third-order valence-electron chi connectivity index (χ3n) is 7.14. The molecule has 16 heteroatoms. The Bertz CT molecular complexity index is 1410. The first kappa shape index (κ1) is 102. The van der Waals surface area contributed by atoms with Gasteiger partial charge in [-0.15, -0.1) is 36.8 Å². The maximum atomic E-state index is 9.94. The van der Waals surface area contributed by atoms with Gasteiger partial charge in [-0.3, -0.25) is 9.59 Å². The van der Waals surface area contributed by atoms with Crippen LogP contribution in [-0.2, 0) is 69.1 Å². The van der Waals surface area contributed by atoms with Crippen molar-refractivity contribution >= 4 is 47.1 Å². The van der Waals surface area contributed by atoms with Crippen LogP contribution >= 0.6 is 0 Å². The van der Waals surface area contributed by atoms with Crippen molar-refractivity contribution in [1.82, 2.24) is 0 Å². The molecule has 0 aromatic carbocycles. The standard InChI is InChI=1S/C14H28O3Si.C12H24O3Si.C7H10O2.C6H11Si.C5H6O2.C4H7Si.4C3H7.2Ni/c1-7-11-12-13(5)14(6)18(15-8-2,16-9-3)17-10-4;1-5-9-10-11-12-16(13-6-2,14-7-3)15-8-4;1-3-6(2)4-5-7(8)9;1-5-6(2)7(3)4;1-2-3-4-5(6)7;1-4-5(2)3;4*1-3-2;;/h5-12H2,1-4H3;5-10H2,1-4H3;3H,1-2,4-5H2,(H,8,9);5H,1-2H2,3-4H3;1H,3-4H2,(H,6,7);1H,2-3H3;4*1,3H2,2H3;;/q;;;;;;4*-1;2*+2. The van der Waals surface area contributed by atoms with Gasteiger partial charge < -0.3 is 64.5 Å². The Labute approximate surface area is 498 Å². The molecule has 450 valence electrons. The molecule has 0 rings (SSSR count). The van der Waals surface area contributed by atoms with Crippen LogP contribution in [0.2, 0.25) is 26.2 Å². The normalized spacial score (nSPS) is 9.00. The minimum Gasteiger partial charge on any atom is -0.481 e. The second-order valence-electron chi connectivity index (χ2n) is 15.0. The van der Waals surface area contributed by atoms with E-state index in [0.717, 1.165) is 80.6 Å². The van der Waals surface area contributed by atoms with Gasteiger partial charge in [0.2, 0.25) is 0 Å². The number of aliphatic carboxylic acids is 2.